The molecule has 0 spiro atoms. The van der Waals surface area contributed by atoms with Crippen LogP contribution in [-0.4, -0.2) is 88.8 Å². The number of ether oxygens (including phenoxy) is 5. The monoisotopic (exact) mass is 876 g/mol. The molecule has 4 atom stereocenters. The van der Waals surface area contributed by atoms with E-state index in [1.54, 1.807) is 41.8 Å². The Labute approximate surface area is 364 Å². The average Bonchev–Trinajstić information content (AvgIpc) is 3.65. The van der Waals surface area contributed by atoms with Crippen LogP contribution in [-0.2, 0) is 45.6 Å². The van der Waals surface area contributed by atoms with Crippen LogP contribution in [0.25, 0.3) is 5.52 Å². The van der Waals surface area contributed by atoms with Crippen molar-refractivity contribution in [2.75, 3.05) is 46.4 Å². The van der Waals surface area contributed by atoms with Crippen molar-refractivity contribution in [1.29, 1.82) is 5.26 Å². The normalized spacial score (nSPS) is 15.0. The number of hydrogen-bond acceptors (Lipinski definition) is 13. The lowest BCUT2D eigenvalue weighted by Crippen LogP contribution is -2.51. The summed E-state index contributed by atoms with van der Waals surface area (Å²) in [6.45, 7) is 6.78. The zero-order chi connectivity index (χ0) is 44.6. The summed E-state index contributed by atoms with van der Waals surface area (Å²) in [6.07, 6.45) is 20.3. The molecule has 2 heterocycles. The minimum Gasteiger partial charge on any atom is -0.496 e. The van der Waals surface area contributed by atoms with Gasteiger partial charge in [-0.3, -0.25) is 9.05 Å². The van der Waals surface area contributed by atoms with Gasteiger partial charge in [-0.15, -0.1) is 0 Å². The number of methoxy groups -OCH3 is 2. The van der Waals surface area contributed by atoms with Crippen molar-refractivity contribution in [2.24, 2.45) is 0 Å². The zero-order valence-electron chi connectivity index (χ0n) is 37.6. The summed E-state index contributed by atoms with van der Waals surface area (Å²) < 4.78 is 55.5. The Morgan fingerprint density at radius 3 is 2.08 bits per heavy atom. The van der Waals surface area contributed by atoms with Gasteiger partial charge in [-0.1, -0.05) is 109 Å². The number of rotatable bonds is 35. The van der Waals surface area contributed by atoms with E-state index in [2.05, 4.69) is 23.1 Å². The Balaban J connectivity index is 1.51. The van der Waals surface area contributed by atoms with Gasteiger partial charge in [-0.2, -0.15) is 10.4 Å². The van der Waals surface area contributed by atoms with Crippen molar-refractivity contribution < 1.29 is 47.3 Å². The van der Waals surface area contributed by atoms with E-state index < -0.39 is 38.0 Å². The number of unbranched alkanes of at least 4 members (excludes halogenated alkanes) is 15. The quantitative estimate of drug-likeness (QED) is 0.0287. The first-order valence-corrected chi connectivity index (χ1v) is 23.6. The lowest BCUT2D eigenvalue weighted by molar-refractivity contribution is -0.252. The van der Waals surface area contributed by atoms with E-state index in [0.29, 0.717) is 40.5 Å². The maximum absolute atomic E-state index is 13.4. The molecule has 0 saturated carbocycles. The molecule has 0 bridgehead atoms. The topological polar surface area (TPSA) is 202 Å². The lowest BCUT2D eigenvalue weighted by Gasteiger charge is -2.39. The molecule has 0 aliphatic carbocycles. The third-order valence-electron chi connectivity index (χ3n) is 10.8. The number of phosphoric acid groups is 1. The van der Waals surface area contributed by atoms with Crippen LogP contribution in [0, 0.1) is 11.3 Å². The van der Waals surface area contributed by atoms with Gasteiger partial charge in [0.1, 0.15) is 29.3 Å². The van der Waals surface area contributed by atoms with E-state index in [1.165, 1.54) is 118 Å². The van der Waals surface area contributed by atoms with Crippen molar-refractivity contribution in [3.8, 4) is 11.8 Å². The van der Waals surface area contributed by atoms with Gasteiger partial charge in [0.25, 0.3) is 0 Å². The summed E-state index contributed by atoms with van der Waals surface area (Å²) in [7, 11) is -1.77. The Morgan fingerprint density at radius 2 is 1.51 bits per heavy atom. The van der Waals surface area contributed by atoms with E-state index in [4.69, 9.17) is 38.5 Å². The van der Waals surface area contributed by atoms with E-state index in [1.807, 2.05) is 0 Å². The summed E-state index contributed by atoms with van der Waals surface area (Å²) >= 11 is 0. The van der Waals surface area contributed by atoms with E-state index in [-0.39, 0.29) is 26.2 Å². The van der Waals surface area contributed by atoms with Crippen molar-refractivity contribution >= 4 is 19.2 Å². The molecule has 0 fully saturated rings. The third kappa shape index (κ3) is 19.8. The Hall–Kier alpha value is -3.16. The van der Waals surface area contributed by atoms with Gasteiger partial charge in [0, 0.05) is 31.4 Å². The number of nitriles is 1. The van der Waals surface area contributed by atoms with Crippen LogP contribution in [0.4, 0.5) is 5.82 Å². The molecule has 0 aliphatic heterocycles. The van der Waals surface area contributed by atoms with E-state index in [0.717, 1.165) is 19.3 Å². The predicted molar refractivity (Wildman–Crippen MR) is 236 cm³/mol. The molecule has 4 N–H and O–H groups in total. The highest BCUT2D eigenvalue weighted by atomic mass is 31.2. The summed E-state index contributed by atoms with van der Waals surface area (Å²) in [5, 5.41) is 24.3. The maximum Gasteiger partial charge on any atom is 0.472 e. The first-order valence-electron chi connectivity index (χ1n) is 22.1. The van der Waals surface area contributed by atoms with Gasteiger partial charge >= 0.3 is 7.82 Å². The lowest BCUT2D eigenvalue weighted by atomic mass is 9.95. The largest absolute Gasteiger partial charge is 0.496 e. The van der Waals surface area contributed by atoms with Crippen LogP contribution in [0.1, 0.15) is 147 Å². The molecule has 0 aliphatic rings. The van der Waals surface area contributed by atoms with Crippen LogP contribution in [0.2, 0.25) is 0 Å². The van der Waals surface area contributed by atoms with Crippen LogP contribution in [0.5, 0.6) is 5.75 Å². The molecular formula is C45H74N5O10P. The summed E-state index contributed by atoms with van der Waals surface area (Å²) in [6, 6.07) is 10.7. The molecule has 1 aromatic carbocycles. The number of nitrogens with two attached hydrogens (primary N) is 1. The van der Waals surface area contributed by atoms with Gasteiger partial charge in [0.2, 0.25) is 0 Å². The molecule has 61 heavy (non-hydrogen) atoms. The number of benzene rings is 1. The highest BCUT2D eigenvalue weighted by molar-refractivity contribution is 7.47. The van der Waals surface area contributed by atoms with Crippen molar-refractivity contribution in [1.82, 2.24) is 14.6 Å². The number of phosphoric ester groups is 1. The van der Waals surface area contributed by atoms with Crippen LogP contribution >= 0.6 is 7.82 Å². The number of nitrogens with zero attached hydrogens (tertiary/aromatic N) is 4. The number of hydrogen-bond donors (Lipinski definition) is 3. The van der Waals surface area contributed by atoms with E-state index >= 15 is 0 Å². The van der Waals surface area contributed by atoms with Crippen molar-refractivity contribution in [3.63, 3.8) is 0 Å². The maximum atomic E-state index is 13.4. The second kappa shape index (κ2) is 27.8. The molecule has 0 saturated heterocycles. The molecule has 15 nitrogen and oxygen atoms in total. The molecule has 3 aromatic rings. The van der Waals surface area contributed by atoms with Gasteiger partial charge in [-0.05, 0) is 51.5 Å². The standard InChI is InChI=1S/C45H74N5O10P/c1-7-8-9-10-11-12-13-14-15-16-17-18-19-20-21-22-27-56-32-39(57-31-37-24-23-36(30-46)28-41(37)54-5)33-58-61(52,53)59-34-45(4,55-6)42(60-44(2,3)51)29-38-25-26-40-43(47)48-35-49-50(38)40/h23-26,28,35,39,42,51H,7-22,27,29,31-34H2,1-6H3,(H,52,53)(H2,47,48,49)/t39?,42-,45+/m0/s1. The molecule has 16 heteroatoms. The smallest absolute Gasteiger partial charge is 0.472 e. The number of anilines is 1. The average molecular weight is 876 g/mol. The predicted octanol–water partition coefficient (Wildman–Crippen LogP) is 9.25. The highest BCUT2D eigenvalue weighted by Gasteiger charge is 2.42. The van der Waals surface area contributed by atoms with Crippen molar-refractivity contribution in [2.45, 2.75) is 167 Å². The second-order valence-electron chi connectivity index (χ2n) is 16.5. The summed E-state index contributed by atoms with van der Waals surface area (Å²) in [5.74, 6) is -0.824. The number of fused-ring (bicyclic) bond motifs is 1. The Bertz CT molecular complexity index is 1770. The molecular weight excluding hydrogens is 801 g/mol. The Kier molecular flexibility index (Phi) is 23.8. The fourth-order valence-corrected chi connectivity index (χ4v) is 7.89. The van der Waals surface area contributed by atoms with E-state index in [9.17, 15) is 19.8 Å². The fraction of sp³-hybridized carbons (Fsp3) is 0.711. The first-order chi connectivity index (χ1) is 29.2. The SMILES string of the molecule is CCCCCCCCCCCCCCCCCCOCC(COP(=O)(O)OC[C@@](C)(OC)[C@H](Cc1ccc2c(N)ncnn12)OC(C)(C)O)OCc1ccc(C#N)cc1OC. The van der Waals surface area contributed by atoms with Gasteiger partial charge in [0.05, 0.1) is 51.3 Å². The third-order valence-corrected chi connectivity index (χ3v) is 11.7. The number of aliphatic hydroxyl groups is 1. The van der Waals surface area contributed by atoms with Gasteiger partial charge in [-0.25, -0.2) is 14.1 Å². The number of nitrogen functional groups attached to an aromatic ring is 1. The second-order valence-corrected chi connectivity index (χ2v) is 18.0. The zero-order valence-corrected chi connectivity index (χ0v) is 38.5. The molecule has 3 rings (SSSR count). The summed E-state index contributed by atoms with van der Waals surface area (Å²) in [4.78, 5) is 14.9. The van der Waals surface area contributed by atoms with Crippen molar-refractivity contribution in [3.05, 3.63) is 53.5 Å². The van der Waals surface area contributed by atoms with Gasteiger partial charge < -0.3 is 39.4 Å². The van der Waals surface area contributed by atoms with Crippen LogP contribution < -0.4 is 10.5 Å². The fourth-order valence-electron chi connectivity index (χ4n) is 7.04. The Morgan fingerprint density at radius 1 is 0.885 bits per heavy atom. The van der Waals surface area contributed by atoms with Crippen LogP contribution in [0.3, 0.4) is 0 Å². The first kappa shape index (κ1) is 52.2. The number of aromatic nitrogens is 3. The summed E-state index contributed by atoms with van der Waals surface area (Å²) in [5.41, 5.74) is 7.06. The minimum atomic E-state index is -4.70. The van der Waals surface area contributed by atoms with Gasteiger partial charge in [0.15, 0.2) is 11.6 Å². The minimum absolute atomic E-state index is 0.0740. The highest BCUT2D eigenvalue weighted by Crippen LogP contribution is 2.45. The molecule has 2 aromatic heterocycles. The molecule has 344 valence electrons. The molecule has 2 unspecified atom stereocenters. The van der Waals surface area contributed by atoms with Crippen LogP contribution in [0.15, 0.2) is 36.7 Å². The molecule has 0 amide bonds. The molecule has 0 radical (unpaired) electrons.